The number of benzene rings is 2. The SMILES string of the molecule is O=C(Nc1ccc(F)c(F)c1)c1cc2cc(C3(O)CCN(Cc4cccs4)CC3)ccc2o1. The Morgan fingerprint density at radius 1 is 1.09 bits per heavy atom. The highest BCUT2D eigenvalue weighted by molar-refractivity contribution is 7.09. The number of fused-ring (bicyclic) bond motifs is 1. The lowest BCUT2D eigenvalue weighted by Gasteiger charge is -2.38. The zero-order chi connectivity index (χ0) is 23.0. The van der Waals surface area contributed by atoms with Crippen molar-refractivity contribution in [3.05, 3.63) is 87.8 Å². The van der Waals surface area contributed by atoms with E-state index in [1.54, 1.807) is 23.5 Å². The van der Waals surface area contributed by atoms with Crippen LogP contribution in [0.25, 0.3) is 11.0 Å². The molecule has 5 nitrogen and oxygen atoms in total. The first kappa shape index (κ1) is 21.8. The minimum Gasteiger partial charge on any atom is -0.451 e. The van der Waals surface area contributed by atoms with Crippen LogP contribution in [-0.4, -0.2) is 29.0 Å². The highest BCUT2D eigenvalue weighted by atomic mass is 32.1. The molecule has 0 unspecified atom stereocenters. The summed E-state index contributed by atoms with van der Waals surface area (Å²) in [5, 5.41) is 16.6. The Hall–Kier alpha value is -3.07. The van der Waals surface area contributed by atoms with E-state index >= 15 is 0 Å². The maximum Gasteiger partial charge on any atom is 0.291 e. The molecule has 0 atom stereocenters. The standard InChI is InChI=1S/C25H22F2N2O3S/c26-20-5-4-18(14-21(20)27)28-24(30)23-13-16-12-17(3-6-22(16)32-23)25(31)7-9-29(10-8-25)15-19-2-1-11-33-19/h1-6,11-14,31H,7-10,15H2,(H,28,30). The van der Waals surface area contributed by atoms with Crippen LogP contribution in [0.4, 0.5) is 14.5 Å². The highest BCUT2D eigenvalue weighted by Gasteiger charge is 2.34. The molecular formula is C25H22F2N2O3S. The lowest BCUT2D eigenvalue weighted by atomic mass is 9.84. The van der Waals surface area contributed by atoms with Crippen molar-refractivity contribution >= 4 is 33.9 Å². The second-order valence-electron chi connectivity index (χ2n) is 8.33. The third-order valence-electron chi connectivity index (χ3n) is 6.10. The second kappa shape index (κ2) is 8.70. The summed E-state index contributed by atoms with van der Waals surface area (Å²) >= 11 is 1.74. The first-order valence-electron chi connectivity index (χ1n) is 10.7. The number of likely N-dealkylation sites (tertiary alicyclic amines) is 1. The van der Waals surface area contributed by atoms with E-state index in [9.17, 15) is 18.7 Å². The molecule has 3 heterocycles. The normalized spacial score (nSPS) is 16.2. The Bertz CT molecular complexity index is 1290. The molecule has 0 saturated carbocycles. The number of thiophene rings is 1. The predicted molar refractivity (Wildman–Crippen MR) is 123 cm³/mol. The Balaban J connectivity index is 1.29. The van der Waals surface area contributed by atoms with Gasteiger partial charge in [-0.25, -0.2) is 8.78 Å². The molecule has 1 saturated heterocycles. The maximum absolute atomic E-state index is 13.4. The molecule has 5 rings (SSSR count). The average molecular weight is 469 g/mol. The molecule has 33 heavy (non-hydrogen) atoms. The number of rotatable bonds is 5. The molecule has 2 N–H and O–H groups in total. The van der Waals surface area contributed by atoms with E-state index in [1.165, 1.54) is 10.9 Å². The van der Waals surface area contributed by atoms with Crippen molar-refractivity contribution in [3.8, 4) is 0 Å². The number of hydrogen-bond acceptors (Lipinski definition) is 5. The summed E-state index contributed by atoms with van der Waals surface area (Å²) < 4.78 is 32.1. The van der Waals surface area contributed by atoms with E-state index in [1.807, 2.05) is 18.2 Å². The molecule has 4 aromatic rings. The van der Waals surface area contributed by atoms with Crippen LogP contribution in [0, 0.1) is 11.6 Å². The number of furan rings is 1. The van der Waals surface area contributed by atoms with E-state index in [0.717, 1.165) is 37.3 Å². The van der Waals surface area contributed by atoms with Crippen molar-refractivity contribution in [3.63, 3.8) is 0 Å². The highest BCUT2D eigenvalue weighted by Crippen LogP contribution is 2.35. The van der Waals surface area contributed by atoms with Gasteiger partial charge in [-0.1, -0.05) is 12.1 Å². The molecule has 1 amide bonds. The monoisotopic (exact) mass is 468 g/mol. The third-order valence-corrected chi connectivity index (χ3v) is 6.96. The molecular weight excluding hydrogens is 446 g/mol. The largest absolute Gasteiger partial charge is 0.451 e. The predicted octanol–water partition coefficient (Wildman–Crippen LogP) is 5.51. The number of aliphatic hydroxyl groups is 1. The molecule has 0 aliphatic carbocycles. The molecule has 8 heteroatoms. The summed E-state index contributed by atoms with van der Waals surface area (Å²) in [6.45, 7) is 2.48. The first-order chi connectivity index (χ1) is 15.9. The fraction of sp³-hybridized carbons (Fsp3) is 0.240. The molecule has 0 radical (unpaired) electrons. The minimum absolute atomic E-state index is 0.0460. The van der Waals surface area contributed by atoms with Crippen molar-refractivity contribution in [2.24, 2.45) is 0 Å². The topological polar surface area (TPSA) is 65.7 Å². The molecule has 1 aliphatic heterocycles. The Kier molecular flexibility index (Phi) is 5.74. The van der Waals surface area contributed by atoms with Gasteiger partial charge in [0, 0.05) is 41.7 Å². The zero-order valence-electron chi connectivity index (χ0n) is 17.7. The van der Waals surface area contributed by atoms with Gasteiger partial charge in [0.2, 0.25) is 0 Å². The molecule has 1 fully saturated rings. The molecule has 170 valence electrons. The van der Waals surface area contributed by atoms with Gasteiger partial charge in [0.05, 0.1) is 5.60 Å². The quantitative estimate of drug-likeness (QED) is 0.406. The van der Waals surface area contributed by atoms with Crippen LogP contribution in [0.1, 0.15) is 33.8 Å². The molecule has 1 aliphatic rings. The minimum atomic E-state index is -1.04. The summed E-state index contributed by atoms with van der Waals surface area (Å²) in [5.41, 5.74) is 0.488. The van der Waals surface area contributed by atoms with Crippen LogP contribution in [0.3, 0.4) is 0 Å². The van der Waals surface area contributed by atoms with Gasteiger partial charge in [0.25, 0.3) is 5.91 Å². The van der Waals surface area contributed by atoms with Crippen LogP contribution in [0.5, 0.6) is 0 Å². The maximum atomic E-state index is 13.4. The fourth-order valence-electron chi connectivity index (χ4n) is 4.20. The van der Waals surface area contributed by atoms with Crippen molar-refractivity contribution in [2.75, 3.05) is 18.4 Å². The number of carbonyl (C=O) groups is 1. The van der Waals surface area contributed by atoms with Crippen LogP contribution in [0.15, 0.2) is 64.4 Å². The lowest BCUT2D eigenvalue weighted by Crippen LogP contribution is -2.42. The van der Waals surface area contributed by atoms with Crippen LogP contribution in [0.2, 0.25) is 0 Å². The van der Waals surface area contributed by atoms with E-state index in [-0.39, 0.29) is 11.4 Å². The summed E-state index contributed by atoms with van der Waals surface area (Å²) in [7, 11) is 0. The van der Waals surface area contributed by atoms with Crippen molar-refractivity contribution in [1.82, 2.24) is 4.90 Å². The second-order valence-corrected chi connectivity index (χ2v) is 9.37. The van der Waals surface area contributed by atoms with Crippen LogP contribution < -0.4 is 5.32 Å². The Labute approximate surface area is 193 Å². The van der Waals surface area contributed by atoms with Crippen molar-refractivity contribution in [2.45, 2.75) is 25.0 Å². The molecule has 0 spiro atoms. The number of hydrogen-bond donors (Lipinski definition) is 2. The van der Waals surface area contributed by atoms with Crippen LogP contribution in [-0.2, 0) is 12.1 Å². The fourth-order valence-corrected chi connectivity index (χ4v) is 4.95. The number of anilines is 1. The number of halogens is 2. The van der Waals surface area contributed by atoms with E-state index in [0.29, 0.717) is 23.8 Å². The van der Waals surface area contributed by atoms with Crippen molar-refractivity contribution < 1.29 is 23.1 Å². The lowest BCUT2D eigenvalue weighted by molar-refractivity contribution is -0.0274. The van der Waals surface area contributed by atoms with Crippen LogP contribution >= 0.6 is 11.3 Å². The molecule has 2 aromatic heterocycles. The van der Waals surface area contributed by atoms with Gasteiger partial charge < -0.3 is 14.8 Å². The Morgan fingerprint density at radius 2 is 1.91 bits per heavy atom. The number of amides is 1. The van der Waals surface area contributed by atoms with Gasteiger partial charge >= 0.3 is 0 Å². The number of piperidine rings is 1. The number of nitrogens with one attached hydrogen (secondary N) is 1. The van der Waals surface area contributed by atoms with E-state index < -0.39 is 23.1 Å². The van der Waals surface area contributed by atoms with Gasteiger partial charge in [-0.15, -0.1) is 11.3 Å². The Morgan fingerprint density at radius 3 is 2.64 bits per heavy atom. The average Bonchev–Trinajstić information content (AvgIpc) is 3.47. The van der Waals surface area contributed by atoms with Gasteiger partial charge in [0.15, 0.2) is 17.4 Å². The summed E-state index contributed by atoms with van der Waals surface area (Å²) in [5.74, 6) is -2.56. The summed E-state index contributed by atoms with van der Waals surface area (Å²) in [6, 6.07) is 14.3. The van der Waals surface area contributed by atoms with Gasteiger partial charge in [-0.05, 0) is 60.2 Å². The molecule has 2 aromatic carbocycles. The third kappa shape index (κ3) is 4.55. The summed E-state index contributed by atoms with van der Waals surface area (Å²) in [4.78, 5) is 16.2. The smallest absolute Gasteiger partial charge is 0.291 e. The van der Waals surface area contributed by atoms with E-state index in [4.69, 9.17) is 4.42 Å². The number of carbonyl (C=O) groups excluding carboxylic acids is 1. The van der Waals surface area contributed by atoms with Gasteiger partial charge in [-0.2, -0.15) is 0 Å². The first-order valence-corrected chi connectivity index (χ1v) is 11.6. The van der Waals surface area contributed by atoms with Crippen molar-refractivity contribution in [1.29, 1.82) is 0 Å². The van der Waals surface area contributed by atoms with E-state index in [2.05, 4.69) is 21.7 Å². The zero-order valence-corrected chi connectivity index (χ0v) is 18.5. The number of nitrogens with zero attached hydrogens (tertiary/aromatic N) is 1. The van der Waals surface area contributed by atoms with Gasteiger partial charge in [0.1, 0.15) is 5.58 Å². The van der Waals surface area contributed by atoms with Gasteiger partial charge in [-0.3, -0.25) is 9.69 Å². The summed E-state index contributed by atoms with van der Waals surface area (Å²) in [6.07, 6.45) is 1.23. The molecule has 0 bridgehead atoms.